The molecule has 1 aromatic carbocycles. The van der Waals surface area contributed by atoms with E-state index in [-0.39, 0.29) is 28.3 Å². The normalized spacial score (nSPS) is 24.0. The van der Waals surface area contributed by atoms with Crippen LogP contribution < -0.4 is 4.74 Å². The summed E-state index contributed by atoms with van der Waals surface area (Å²) >= 11 is 5.87. The number of ether oxygens (including phenoxy) is 1. The van der Waals surface area contributed by atoms with Gasteiger partial charge in [-0.15, -0.1) is 0 Å². The van der Waals surface area contributed by atoms with E-state index in [1.54, 1.807) is 6.07 Å². The maximum Gasteiger partial charge on any atom is 0.288 e. The monoisotopic (exact) mass is 299 g/mol. The highest BCUT2D eigenvalue weighted by Gasteiger charge is 2.53. The van der Waals surface area contributed by atoms with E-state index in [0.29, 0.717) is 12.2 Å². The second-order valence-electron chi connectivity index (χ2n) is 5.17. The zero-order valence-electron chi connectivity index (χ0n) is 11.5. The van der Waals surface area contributed by atoms with Gasteiger partial charge in [0.1, 0.15) is 16.9 Å². The zero-order valence-corrected chi connectivity index (χ0v) is 12.3. The summed E-state index contributed by atoms with van der Waals surface area (Å²) in [5.74, 6) is 0.503. The first-order valence-electron chi connectivity index (χ1n) is 6.73. The molecule has 1 fully saturated rings. The zero-order chi connectivity index (χ0) is 14.9. The van der Waals surface area contributed by atoms with Gasteiger partial charge in [-0.2, -0.15) is 0 Å². The van der Waals surface area contributed by atoms with Crippen molar-refractivity contribution in [3.05, 3.63) is 33.3 Å². The Hall–Kier alpha value is -1.33. The Balaban J connectivity index is 2.15. The first-order valence-corrected chi connectivity index (χ1v) is 7.11. The lowest BCUT2D eigenvalue weighted by Crippen LogP contribution is -2.59. The highest BCUT2D eigenvalue weighted by Crippen LogP contribution is 2.49. The molecule has 5 nitrogen and oxygen atoms in total. The standard InChI is InChI=1S/C14H18ClNO4/c1-3-14(4-2)12(17)8-13(14)20-9-5-6-11(16(18)19)10(15)7-9/h5-7,12-13,17H,3-4,8H2,1-2H3. The van der Waals surface area contributed by atoms with Gasteiger partial charge in [-0.05, 0) is 18.9 Å². The fourth-order valence-corrected chi connectivity index (χ4v) is 3.18. The van der Waals surface area contributed by atoms with E-state index in [1.807, 2.05) is 13.8 Å². The fraction of sp³-hybridized carbons (Fsp3) is 0.571. The van der Waals surface area contributed by atoms with Crippen LogP contribution in [0.1, 0.15) is 33.1 Å². The molecule has 0 spiro atoms. The molecule has 0 amide bonds. The van der Waals surface area contributed by atoms with Crippen molar-refractivity contribution in [3.63, 3.8) is 0 Å². The van der Waals surface area contributed by atoms with Crippen LogP contribution in [0.25, 0.3) is 0 Å². The minimum absolute atomic E-state index is 0.0611. The Morgan fingerprint density at radius 1 is 1.50 bits per heavy atom. The van der Waals surface area contributed by atoms with Crippen LogP contribution in [0.15, 0.2) is 18.2 Å². The average molecular weight is 300 g/mol. The van der Waals surface area contributed by atoms with E-state index >= 15 is 0 Å². The molecule has 0 saturated heterocycles. The highest BCUT2D eigenvalue weighted by atomic mass is 35.5. The molecule has 0 bridgehead atoms. The minimum Gasteiger partial charge on any atom is -0.490 e. The van der Waals surface area contributed by atoms with Crippen LogP contribution in [0.2, 0.25) is 5.02 Å². The number of halogens is 1. The molecule has 0 aromatic heterocycles. The molecule has 2 unspecified atom stereocenters. The number of benzene rings is 1. The molecule has 0 heterocycles. The third kappa shape index (κ3) is 2.36. The second kappa shape index (κ2) is 5.58. The molecule has 0 aliphatic heterocycles. The summed E-state index contributed by atoms with van der Waals surface area (Å²) in [7, 11) is 0. The van der Waals surface area contributed by atoms with Gasteiger partial charge < -0.3 is 9.84 Å². The van der Waals surface area contributed by atoms with Crippen molar-refractivity contribution in [2.45, 2.75) is 45.3 Å². The van der Waals surface area contributed by atoms with E-state index in [4.69, 9.17) is 16.3 Å². The second-order valence-corrected chi connectivity index (χ2v) is 5.58. The summed E-state index contributed by atoms with van der Waals surface area (Å²) < 4.78 is 5.87. The van der Waals surface area contributed by atoms with Crippen molar-refractivity contribution in [1.29, 1.82) is 0 Å². The number of nitro groups is 1. The smallest absolute Gasteiger partial charge is 0.288 e. The molecule has 1 saturated carbocycles. The van der Waals surface area contributed by atoms with Crippen LogP contribution in [0, 0.1) is 15.5 Å². The Morgan fingerprint density at radius 2 is 2.15 bits per heavy atom. The molecular formula is C14H18ClNO4. The number of aliphatic hydroxyl groups is 1. The maximum absolute atomic E-state index is 10.7. The van der Waals surface area contributed by atoms with Gasteiger partial charge in [0.25, 0.3) is 5.69 Å². The average Bonchev–Trinajstić information content (AvgIpc) is 2.39. The first-order chi connectivity index (χ1) is 9.44. The van der Waals surface area contributed by atoms with Gasteiger partial charge in [0.2, 0.25) is 0 Å². The number of hydrogen-bond donors (Lipinski definition) is 1. The van der Waals surface area contributed by atoms with Gasteiger partial charge in [0.05, 0.1) is 11.0 Å². The number of aliphatic hydroxyl groups excluding tert-OH is 1. The van der Waals surface area contributed by atoms with Crippen LogP contribution in [0.3, 0.4) is 0 Å². The fourth-order valence-electron chi connectivity index (χ4n) is 2.94. The number of hydrogen-bond acceptors (Lipinski definition) is 4. The van der Waals surface area contributed by atoms with Crippen LogP contribution in [0.4, 0.5) is 5.69 Å². The molecule has 1 N–H and O–H groups in total. The topological polar surface area (TPSA) is 72.6 Å². The summed E-state index contributed by atoms with van der Waals surface area (Å²) in [5.41, 5.74) is -0.362. The van der Waals surface area contributed by atoms with Crippen molar-refractivity contribution in [2.75, 3.05) is 0 Å². The van der Waals surface area contributed by atoms with Gasteiger partial charge in [-0.25, -0.2) is 0 Å². The van der Waals surface area contributed by atoms with Crippen molar-refractivity contribution >= 4 is 17.3 Å². The molecule has 2 rings (SSSR count). The van der Waals surface area contributed by atoms with Crippen molar-refractivity contribution in [1.82, 2.24) is 0 Å². The van der Waals surface area contributed by atoms with Gasteiger partial charge in [0.15, 0.2) is 0 Å². The van der Waals surface area contributed by atoms with E-state index in [9.17, 15) is 15.2 Å². The van der Waals surface area contributed by atoms with Crippen LogP contribution in [0.5, 0.6) is 5.75 Å². The van der Waals surface area contributed by atoms with Crippen molar-refractivity contribution in [2.24, 2.45) is 5.41 Å². The Morgan fingerprint density at radius 3 is 2.60 bits per heavy atom. The molecular weight excluding hydrogens is 282 g/mol. The third-order valence-corrected chi connectivity index (χ3v) is 4.76. The molecule has 6 heteroatoms. The first kappa shape index (κ1) is 15.1. The predicted molar refractivity (Wildman–Crippen MR) is 76.2 cm³/mol. The lowest BCUT2D eigenvalue weighted by atomic mass is 9.60. The summed E-state index contributed by atoms with van der Waals surface area (Å²) in [6.07, 6.45) is 1.81. The molecule has 0 radical (unpaired) electrons. The Labute approximate surface area is 122 Å². The van der Waals surface area contributed by atoms with Gasteiger partial charge in [-0.3, -0.25) is 10.1 Å². The highest BCUT2D eigenvalue weighted by molar-refractivity contribution is 6.32. The van der Waals surface area contributed by atoms with Crippen LogP contribution >= 0.6 is 11.6 Å². The molecule has 1 aliphatic rings. The summed E-state index contributed by atoms with van der Waals surface area (Å²) in [6, 6.07) is 4.34. The largest absolute Gasteiger partial charge is 0.490 e. The van der Waals surface area contributed by atoms with Crippen LogP contribution in [-0.4, -0.2) is 22.2 Å². The van der Waals surface area contributed by atoms with Gasteiger partial charge in [0, 0.05) is 24.0 Å². The SMILES string of the molecule is CCC1(CC)C(O)CC1Oc1ccc([N+](=O)[O-])c(Cl)c1. The van der Waals surface area contributed by atoms with Gasteiger partial charge >= 0.3 is 0 Å². The predicted octanol–water partition coefficient (Wildman–Crippen LogP) is 3.57. The maximum atomic E-state index is 10.7. The minimum atomic E-state index is -0.526. The number of nitro benzene ring substituents is 1. The molecule has 1 aliphatic carbocycles. The van der Waals surface area contributed by atoms with E-state index in [1.165, 1.54) is 12.1 Å². The Bertz CT molecular complexity index is 516. The van der Waals surface area contributed by atoms with E-state index < -0.39 is 4.92 Å². The van der Waals surface area contributed by atoms with Crippen LogP contribution in [-0.2, 0) is 0 Å². The Kier molecular flexibility index (Phi) is 4.20. The summed E-state index contributed by atoms with van der Waals surface area (Å²) in [4.78, 5) is 10.2. The molecule has 110 valence electrons. The van der Waals surface area contributed by atoms with E-state index in [2.05, 4.69) is 0 Å². The quantitative estimate of drug-likeness (QED) is 0.666. The number of rotatable bonds is 5. The van der Waals surface area contributed by atoms with Crippen molar-refractivity contribution < 1.29 is 14.8 Å². The molecule has 20 heavy (non-hydrogen) atoms. The molecule has 2 atom stereocenters. The lowest BCUT2D eigenvalue weighted by Gasteiger charge is -2.52. The third-order valence-electron chi connectivity index (χ3n) is 4.45. The molecule has 1 aromatic rings. The van der Waals surface area contributed by atoms with Gasteiger partial charge in [-0.1, -0.05) is 25.4 Å². The summed E-state index contributed by atoms with van der Waals surface area (Å²) in [5, 5.41) is 20.8. The summed E-state index contributed by atoms with van der Waals surface area (Å²) in [6.45, 7) is 4.07. The van der Waals surface area contributed by atoms with E-state index in [0.717, 1.165) is 12.8 Å². The van der Waals surface area contributed by atoms with Crippen molar-refractivity contribution in [3.8, 4) is 5.75 Å². The lowest BCUT2D eigenvalue weighted by molar-refractivity contribution is -0.384. The number of nitrogens with zero attached hydrogens (tertiary/aromatic N) is 1.